The van der Waals surface area contributed by atoms with Crippen molar-refractivity contribution in [3.05, 3.63) is 36.1 Å². The smallest absolute Gasteiger partial charge is 0.401 e. The largest absolute Gasteiger partial charge is 0.458 e. The Morgan fingerprint density at radius 2 is 2.00 bits per heavy atom. The average molecular weight is 287 g/mol. The first-order chi connectivity index (χ1) is 9.39. The molecule has 2 aromatic rings. The molecule has 0 aliphatic carbocycles. The van der Waals surface area contributed by atoms with Crippen LogP contribution in [0, 0.1) is 0 Å². The highest BCUT2D eigenvalue weighted by Crippen LogP contribution is 2.25. The van der Waals surface area contributed by atoms with Gasteiger partial charge in [-0.15, -0.1) is 0 Å². The van der Waals surface area contributed by atoms with E-state index in [-0.39, 0.29) is 18.8 Å². The molecular weight excluding hydrogens is 271 g/mol. The molecule has 3 nitrogen and oxygen atoms in total. The lowest BCUT2D eigenvalue weighted by Crippen LogP contribution is -2.36. The maximum Gasteiger partial charge on any atom is 0.401 e. The molecular formula is C14H16F3NO2. The second-order valence-corrected chi connectivity index (χ2v) is 4.65. The fourth-order valence-corrected chi connectivity index (χ4v) is 2.06. The van der Waals surface area contributed by atoms with E-state index in [4.69, 9.17) is 4.42 Å². The normalized spacial score (nSPS) is 14.1. The van der Waals surface area contributed by atoms with Crippen molar-refractivity contribution in [2.45, 2.75) is 19.2 Å². The number of furan rings is 1. The Kier molecular flexibility index (Phi) is 4.35. The average Bonchev–Trinajstić information content (AvgIpc) is 2.80. The van der Waals surface area contributed by atoms with Gasteiger partial charge < -0.3 is 9.52 Å². The van der Waals surface area contributed by atoms with Crippen molar-refractivity contribution in [1.82, 2.24) is 4.90 Å². The van der Waals surface area contributed by atoms with Crippen LogP contribution in [0.2, 0.25) is 0 Å². The molecule has 110 valence electrons. The van der Waals surface area contributed by atoms with Crippen LogP contribution in [-0.2, 0) is 0 Å². The topological polar surface area (TPSA) is 36.6 Å². The molecule has 0 aliphatic rings. The van der Waals surface area contributed by atoms with Crippen molar-refractivity contribution in [2.75, 3.05) is 19.6 Å². The van der Waals surface area contributed by atoms with Crippen molar-refractivity contribution < 1.29 is 22.7 Å². The summed E-state index contributed by atoms with van der Waals surface area (Å²) in [5.74, 6) is 0.284. The van der Waals surface area contributed by atoms with Crippen LogP contribution in [0.4, 0.5) is 13.2 Å². The molecule has 0 radical (unpaired) electrons. The van der Waals surface area contributed by atoms with Crippen LogP contribution in [0.3, 0.4) is 0 Å². The molecule has 1 N–H and O–H groups in total. The highest BCUT2D eigenvalue weighted by molar-refractivity contribution is 5.77. The van der Waals surface area contributed by atoms with Gasteiger partial charge in [0, 0.05) is 11.9 Å². The summed E-state index contributed by atoms with van der Waals surface area (Å²) in [6.07, 6.45) is -5.35. The van der Waals surface area contributed by atoms with Crippen molar-refractivity contribution in [2.24, 2.45) is 0 Å². The van der Waals surface area contributed by atoms with Crippen LogP contribution >= 0.6 is 0 Å². The van der Waals surface area contributed by atoms with Crippen LogP contribution in [0.25, 0.3) is 11.0 Å². The first kappa shape index (κ1) is 14.9. The Morgan fingerprint density at radius 3 is 2.60 bits per heavy atom. The fraction of sp³-hybridized carbons (Fsp3) is 0.429. The molecule has 0 bridgehead atoms. The number of aliphatic hydroxyl groups is 1. The van der Waals surface area contributed by atoms with Gasteiger partial charge in [0.05, 0.1) is 6.54 Å². The minimum Gasteiger partial charge on any atom is -0.458 e. The molecule has 0 saturated carbocycles. The van der Waals surface area contributed by atoms with Gasteiger partial charge in [-0.2, -0.15) is 13.2 Å². The van der Waals surface area contributed by atoms with Gasteiger partial charge in [-0.1, -0.05) is 25.1 Å². The van der Waals surface area contributed by atoms with Gasteiger partial charge in [0.25, 0.3) is 0 Å². The second-order valence-electron chi connectivity index (χ2n) is 4.65. The summed E-state index contributed by atoms with van der Waals surface area (Å²) < 4.78 is 42.5. The lowest BCUT2D eigenvalue weighted by atomic mass is 10.2. The predicted octanol–water partition coefficient (Wildman–Crippen LogP) is 3.35. The number of likely N-dealkylation sites (N-methyl/N-ethyl adjacent to an activating group) is 1. The molecule has 1 atom stereocenters. The lowest BCUT2D eigenvalue weighted by Gasteiger charge is -2.23. The first-order valence-corrected chi connectivity index (χ1v) is 6.34. The number of alkyl halides is 3. The number of halogens is 3. The summed E-state index contributed by atoms with van der Waals surface area (Å²) in [4.78, 5) is 1.14. The molecule has 1 aromatic heterocycles. The number of benzene rings is 1. The predicted molar refractivity (Wildman–Crippen MR) is 69.3 cm³/mol. The van der Waals surface area contributed by atoms with Gasteiger partial charge in [0.15, 0.2) is 0 Å². The van der Waals surface area contributed by atoms with E-state index in [0.717, 1.165) is 10.3 Å². The van der Waals surface area contributed by atoms with Crippen LogP contribution in [0.1, 0.15) is 18.8 Å². The zero-order chi connectivity index (χ0) is 14.8. The standard InChI is InChI=1S/C14H16F3NO2/c1-2-18(9-14(15,16)17)8-11(19)13-7-10-5-3-4-6-12(10)20-13/h3-7,11,19H,2,8-9H2,1H3. The minimum atomic E-state index is -4.27. The van der Waals surface area contributed by atoms with E-state index in [2.05, 4.69) is 0 Å². The highest BCUT2D eigenvalue weighted by Gasteiger charge is 2.31. The molecule has 1 heterocycles. The summed E-state index contributed by atoms with van der Waals surface area (Å²) in [6.45, 7) is 0.671. The van der Waals surface area contributed by atoms with Gasteiger partial charge in [0.2, 0.25) is 0 Å². The molecule has 0 fully saturated rings. The van der Waals surface area contributed by atoms with Gasteiger partial charge in [-0.25, -0.2) is 0 Å². The fourth-order valence-electron chi connectivity index (χ4n) is 2.06. The monoisotopic (exact) mass is 287 g/mol. The van der Waals surface area contributed by atoms with Gasteiger partial charge >= 0.3 is 6.18 Å². The molecule has 1 aromatic carbocycles. The summed E-state index contributed by atoms with van der Waals surface area (Å²) in [5, 5.41) is 10.8. The van der Waals surface area contributed by atoms with Crippen molar-refractivity contribution in [3.8, 4) is 0 Å². The molecule has 0 amide bonds. The SMILES string of the molecule is CCN(CC(O)c1cc2ccccc2o1)CC(F)(F)F. The Hall–Kier alpha value is -1.53. The maximum atomic E-state index is 12.4. The van der Waals surface area contributed by atoms with E-state index in [0.29, 0.717) is 5.58 Å². The molecule has 0 aliphatic heterocycles. The van der Waals surface area contributed by atoms with E-state index in [9.17, 15) is 18.3 Å². The van der Waals surface area contributed by atoms with Crippen LogP contribution in [-0.4, -0.2) is 35.8 Å². The van der Waals surface area contributed by atoms with Crippen LogP contribution < -0.4 is 0 Å². The van der Waals surface area contributed by atoms with Crippen LogP contribution in [0.15, 0.2) is 34.7 Å². The van der Waals surface area contributed by atoms with Crippen molar-refractivity contribution in [3.63, 3.8) is 0 Å². The number of rotatable bonds is 5. The molecule has 0 spiro atoms. The number of aliphatic hydroxyl groups excluding tert-OH is 1. The van der Waals surface area contributed by atoms with E-state index in [1.165, 1.54) is 0 Å². The zero-order valence-electron chi connectivity index (χ0n) is 11.0. The number of para-hydroxylation sites is 1. The van der Waals surface area contributed by atoms with Gasteiger partial charge in [-0.3, -0.25) is 4.90 Å². The summed E-state index contributed by atoms with van der Waals surface area (Å²) in [5.41, 5.74) is 0.611. The number of nitrogens with zero attached hydrogens (tertiary/aromatic N) is 1. The first-order valence-electron chi connectivity index (χ1n) is 6.34. The minimum absolute atomic E-state index is 0.115. The van der Waals surface area contributed by atoms with Crippen molar-refractivity contribution >= 4 is 11.0 Å². The summed E-state index contributed by atoms with van der Waals surface area (Å²) in [7, 11) is 0. The van der Waals surface area contributed by atoms with Gasteiger partial charge in [0.1, 0.15) is 17.4 Å². The molecule has 0 saturated heterocycles. The molecule has 20 heavy (non-hydrogen) atoms. The summed E-state index contributed by atoms with van der Waals surface area (Å²) >= 11 is 0. The maximum absolute atomic E-state index is 12.4. The highest BCUT2D eigenvalue weighted by atomic mass is 19.4. The third-order valence-electron chi connectivity index (χ3n) is 3.05. The second kappa shape index (κ2) is 5.85. The molecule has 2 rings (SSSR count). The number of fused-ring (bicyclic) bond motifs is 1. The van der Waals surface area contributed by atoms with Crippen molar-refractivity contribution in [1.29, 1.82) is 0 Å². The Morgan fingerprint density at radius 1 is 1.30 bits per heavy atom. The lowest BCUT2D eigenvalue weighted by molar-refractivity contribution is -0.148. The van der Waals surface area contributed by atoms with E-state index < -0.39 is 18.8 Å². The third kappa shape index (κ3) is 3.74. The summed E-state index contributed by atoms with van der Waals surface area (Å²) in [6, 6.07) is 8.85. The van der Waals surface area contributed by atoms with Gasteiger partial charge in [-0.05, 0) is 18.7 Å². The Bertz CT molecular complexity index is 532. The third-order valence-corrected chi connectivity index (χ3v) is 3.05. The Balaban J connectivity index is 2.08. The number of hydrogen-bond donors (Lipinski definition) is 1. The van der Waals surface area contributed by atoms with E-state index >= 15 is 0 Å². The van der Waals surface area contributed by atoms with E-state index in [1.54, 1.807) is 25.1 Å². The molecule has 1 unspecified atom stereocenters. The molecule has 6 heteroatoms. The van der Waals surface area contributed by atoms with E-state index in [1.807, 2.05) is 12.1 Å². The quantitative estimate of drug-likeness (QED) is 0.916. The zero-order valence-corrected chi connectivity index (χ0v) is 11.0. The Labute approximate surface area is 114 Å². The van der Waals surface area contributed by atoms with Crippen LogP contribution in [0.5, 0.6) is 0 Å². The number of hydrogen-bond acceptors (Lipinski definition) is 3.